The minimum Gasteiger partial charge on any atom is -0.482 e. The summed E-state index contributed by atoms with van der Waals surface area (Å²) in [6.07, 6.45) is 4.48. The van der Waals surface area contributed by atoms with Crippen molar-refractivity contribution in [2.75, 3.05) is 13.1 Å². The average Bonchev–Trinajstić information content (AvgIpc) is 2.99. The molecule has 0 aliphatic carbocycles. The van der Waals surface area contributed by atoms with Crippen LogP contribution in [-0.4, -0.2) is 33.8 Å². The molecule has 2 aliphatic rings. The van der Waals surface area contributed by atoms with E-state index in [-0.39, 0.29) is 5.91 Å². The Morgan fingerprint density at radius 3 is 2.53 bits per heavy atom. The van der Waals surface area contributed by atoms with Crippen LogP contribution < -0.4 is 10.2 Å². The lowest BCUT2D eigenvalue weighted by molar-refractivity contribution is 0.0760. The first-order chi connectivity index (χ1) is 16.2. The van der Waals surface area contributed by atoms with Gasteiger partial charge in [0.15, 0.2) is 5.69 Å². The molecule has 9 heteroatoms. The lowest BCUT2D eigenvalue weighted by atomic mass is 9.89. The SMILES string of the molecule is CC1(C)Oc2cc(Br)ccc2-c2c1c(C(=O)NN1CCCCCC1)nn2-c1ccc(Cl)cc1Cl. The van der Waals surface area contributed by atoms with Gasteiger partial charge in [-0.1, -0.05) is 52.0 Å². The van der Waals surface area contributed by atoms with Gasteiger partial charge in [0.1, 0.15) is 11.4 Å². The maximum atomic E-state index is 13.6. The third-order valence-electron chi connectivity index (χ3n) is 6.27. The van der Waals surface area contributed by atoms with E-state index >= 15 is 0 Å². The predicted molar refractivity (Wildman–Crippen MR) is 138 cm³/mol. The number of halogens is 3. The van der Waals surface area contributed by atoms with E-state index in [1.807, 2.05) is 43.1 Å². The van der Waals surface area contributed by atoms with Crippen molar-refractivity contribution in [2.24, 2.45) is 0 Å². The fourth-order valence-electron chi connectivity index (χ4n) is 4.70. The standard InChI is InChI=1S/C25H25BrCl2N4O2/c1-25(2)21-22(24(33)30-31-11-5-3-4-6-12-31)29-32(19-10-8-16(27)14-18(19)28)23(21)17-9-7-15(26)13-20(17)34-25/h7-10,13-14H,3-6,11-12H2,1-2H3,(H,30,33). The second-order valence-electron chi connectivity index (χ2n) is 9.17. The minimum atomic E-state index is -0.800. The van der Waals surface area contributed by atoms with Crippen molar-refractivity contribution in [1.82, 2.24) is 20.2 Å². The molecule has 0 bridgehead atoms. The zero-order valence-corrected chi connectivity index (χ0v) is 22.1. The van der Waals surface area contributed by atoms with E-state index in [1.165, 1.54) is 12.8 Å². The Hall–Kier alpha value is -2.06. The fourth-order valence-corrected chi connectivity index (χ4v) is 5.53. The first-order valence-electron chi connectivity index (χ1n) is 11.4. The molecule has 6 nitrogen and oxygen atoms in total. The third kappa shape index (κ3) is 4.35. The highest BCUT2D eigenvalue weighted by molar-refractivity contribution is 9.10. The number of carbonyl (C=O) groups excluding carboxylic acids is 1. The van der Waals surface area contributed by atoms with Crippen LogP contribution in [0, 0.1) is 0 Å². The summed E-state index contributed by atoms with van der Waals surface area (Å²) < 4.78 is 9.04. The molecule has 0 atom stereocenters. The van der Waals surface area contributed by atoms with E-state index in [0.29, 0.717) is 27.2 Å². The van der Waals surface area contributed by atoms with Gasteiger partial charge in [0.25, 0.3) is 5.91 Å². The minimum absolute atomic E-state index is 0.251. The number of ether oxygens (including phenoxy) is 1. The van der Waals surface area contributed by atoms with E-state index in [0.717, 1.165) is 47.2 Å². The van der Waals surface area contributed by atoms with Gasteiger partial charge < -0.3 is 4.74 Å². The highest BCUT2D eigenvalue weighted by Crippen LogP contribution is 2.48. The van der Waals surface area contributed by atoms with Crippen LogP contribution in [-0.2, 0) is 5.60 Å². The molecule has 1 amide bonds. The van der Waals surface area contributed by atoms with Gasteiger partial charge in [0.2, 0.25) is 0 Å². The lowest BCUT2D eigenvalue weighted by Crippen LogP contribution is -2.44. The zero-order valence-electron chi connectivity index (χ0n) is 19.0. The molecule has 34 heavy (non-hydrogen) atoms. The summed E-state index contributed by atoms with van der Waals surface area (Å²) in [6.45, 7) is 5.56. The van der Waals surface area contributed by atoms with Gasteiger partial charge in [-0.15, -0.1) is 0 Å². The molecule has 0 unspecified atom stereocenters. The summed E-state index contributed by atoms with van der Waals surface area (Å²) in [6, 6.07) is 11.1. The van der Waals surface area contributed by atoms with Crippen molar-refractivity contribution >= 4 is 45.0 Å². The number of hydrogen-bond acceptors (Lipinski definition) is 4. The number of nitrogens with zero attached hydrogens (tertiary/aromatic N) is 3. The van der Waals surface area contributed by atoms with Crippen LogP contribution in [0.25, 0.3) is 16.9 Å². The summed E-state index contributed by atoms with van der Waals surface area (Å²) in [5, 5.41) is 7.79. The van der Waals surface area contributed by atoms with Crippen LogP contribution >= 0.6 is 39.1 Å². The number of hydrazine groups is 1. The van der Waals surface area contributed by atoms with E-state index < -0.39 is 5.60 Å². The summed E-state index contributed by atoms with van der Waals surface area (Å²) in [7, 11) is 0. The van der Waals surface area contributed by atoms with Gasteiger partial charge in [-0.05, 0) is 63.1 Å². The molecule has 3 heterocycles. The Balaban J connectivity index is 1.69. The number of aromatic nitrogens is 2. The van der Waals surface area contributed by atoms with Crippen LogP contribution in [0.5, 0.6) is 5.75 Å². The molecule has 0 saturated carbocycles. The summed E-state index contributed by atoms with van der Waals surface area (Å²) in [5.41, 5.74) is 5.59. The van der Waals surface area contributed by atoms with Crippen LogP contribution in [0.4, 0.5) is 0 Å². The number of amides is 1. The second-order valence-corrected chi connectivity index (χ2v) is 10.9. The maximum Gasteiger partial charge on any atom is 0.286 e. The molecule has 1 N–H and O–H groups in total. The summed E-state index contributed by atoms with van der Waals surface area (Å²) >= 11 is 16.3. The monoisotopic (exact) mass is 562 g/mol. The third-order valence-corrected chi connectivity index (χ3v) is 7.30. The highest BCUT2D eigenvalue weighted by Gasteiger charge is 2.41. The topological polar surface area (TPSA) is 59.4 Å². The van der Waals surface area contributed by atoms with Gasteiger partial charge in [0, 0.05) is 28.1 Å². The van der Waals surface area contributed by atoms with E-state index in [4.69, 9.17) is 33.0 Å². The molecule has 3 aromatic rings. The summed E-state index contributed by atoms with van der Waals surface area (Å²) in [5.74, 6) is 0.455. The summed E-state index contributed by atoms with van der Waals surface area (Å²) in [4.78, 5) is 13.6. The molecule has 1 saturated heterocycles. The van der Waals surface area contributed by atoms with Gasteiger partial charge in [0.05, 0.1) is 22.0 Å². The van der Waals surface area contributed by atoms with Crippen LogP contribution in [0.15, 0.2) is 40.9 Å². The largest absolute Gasteiger partial charge is 0.482 e. The number of fused-ring (bicyclic) bond motifs is 3. The number of carbonyl (C=O) groups is 1. The maximum absolute atomic E-state index is 13.6. The molecule has 5 rings (SSSR count). The smallest absolute Gasteiger partial charge is 0.286 e. The van der Waals surface area contributed by atoms with Gasteiger partial charge in [-0.25, -0.2) is 9.69 Å². The van der Waals surface area contributed by atoms with Crippen LogP contribution in [0.2, 0.25) is 10.0 Å². The van der Waals surface area contributed by atoms with Crippen molar-refractivity contribution in [3.63, 3.8) is 0 Å². The molecular formula is C25H25BrCl2N4O2. The Kier molecular flexibility index (Phi) is 6.40. The Bertz CT molecular complexity index is 1270. The van der Waals surface area contributed by atoms with Crippen LogP contribution in [0.3, 0.4) is 0 Å². The van der Waals surface area contributed by atoms with Crippen molar-refractivity contribution < 1.29 is 9.53 Å². The highest BCUT2D eigenvalue weighted by atomic mass is 79.9. The van der Waals surface area contributed by atoms with Gasteiger partial charge in [-0.3, -0.25) is 10.2 Å². The van der Waals surface area contributed by atoms with Crippen LogP contribution in [0.1, 0.15) is 55.6 Å². The van der Waals surface area contributed by atoms with E-state index in [2.05, 4.69) is 21.4 Å². The lowest BCUT2D eigenvalue weighted by Gasteiger charge is -2.34. The number of nitrogens with one attached hydrogen (secondary N) is 1. The molecular weight excluding hydrogens is 539 g/mol. The molecule has 1 fully saturated rings. The van der Waals surface area contributed by atoms with Crippen molar-refractivity contribution in [3.8, 4) is 22.7 Å². The molecule has 0 radical (unpaired) electrons. The number of rotatable bonds is 3. The van der Waals surface area contributed by atoms with Crippen molar-refractivity contribution in [1.29, 1.82) is 0 Å². The Morgan fingerprint density at radius 2 is 1.82 bits per heavy atom. The molecule has 1 aromatic heterocycles. The van der Waals surface area contributed by atoms with E-state index in [9.17, 15) is 4.79 Å². The number of benzene rings is 2. The van der Waals surface area contributed by atoms with Gasteiger partial charge >= 0.3 is 0 Å². The molecule has 0 spiro atoms. The Labute approximate surface area is 217 Å². The fraction of sp³-hybridized carbons (Fsp3) is 0.360. The zero-order chi connectivity index (χ0) is 24.0. The predicted octanol–water partition coefficient (Wildman–Crippen LogP) is 6.76. The number of hydrogen-bond donors (Lipinski definition) is 1. The second kappa shape index (κ2) is 9.19. The molecule has 2 aromatic carbocycles. The van der Waals surface area contributed by atoms with E-state index in [1.54, 1.807) is 16.8 Å². The first-order valence-corrected chi connectivity index (χ1v) is 12.9. The van der Waals surface area contributed by atoms with Gasteiger partial charge in [-0.2, -0.15) is 5.10 Å². The first kappa shape index (κ1) is 23.7. The van der Waals surface area contributed by atoms with Crippen molar-refractivity contribution in [2.45, 2.75) is 45.1 Å². The van der Waals surface area contributed by atoms with Crippen molar-refractivity contribution in [3.05, 3.63) is 62.2 Å². The average molecular weight is 564 g/mol. The quantitative estimate of drug-likeness (QED) is 0.382. The molecule has 2 aliphatic heterocycles. The Morgan fingerprint density at radius 1 is 1.09 bits per heavy atom. The normalized spacial score (nSPS) is 17.3. The molecule has 178 valence electrons.